The van der Waals surface area contributed by atoms with Gasteiger partial charge in [-0.2, -0.15) is 0 Å². The van der Waals surface area contributed by atoms with Crippen molar-refractivity contribution in [3.63, 3.8) is 0 Å². The topological polar surface area (TPSA) is 0 Å². The maximum Gasteiger partial charge on any atom is 0.219 e. The van der Waals surface area contributed by atoms with Gasteiger partial charge in [0.1, 0.15) is 0 Å². The quantitative estimate of drug-likeness (QED) is 0.269. The van der Waals surface area contributed by atoms with Crippen LogP contribution in [0.15, 0.2) is 0 Å². The normalized spacial score (nSPS) is 12.0. The summed E-state index contributed by atoms with van der Waals surface area (Å²) in [6.07, 6.45) is 0. The van der Waals surface area contributed by atoms with E-state index in [0.29, 0.717) is 0 Å². The van der Waals surface area contributed by atoms with Crippen molar-refractivity contribution >= 4 is 92.8 Å². The molecule has 1 aromatic rings. The number of hydrogen-bond acceptors (Lipinski definition) is 0. The van der Waals surface area contributed by atoms with E-state index in [4.69, 9.17) is 92.8 Å². The summed E-state index contributed by atoms with van der Waals surface area (Å²) in [4.78, 5) is 0. The fourth-order valence-electron chi connectivity index (χ4n) is 0.854. The molecule has 0 N–H and O–H groups in total. The predicted molar refractivity (Wildman–Crippen MR) is 70.7 cm³/mol. The first-order chi connectivity index (χ1) is 6.68. The Morgan fingerprint density at radius 3 is 1.07 bits per heavy atom. The second-order valence-electron chi connectivity index (χ2n) is 2.44. The molecule has 1 aromatic carbocycles. The smallest absolute Gasteiger partial charge is 0.0821 e. The second-order valence-corrected chi connectivity index (χ2v) is 6.61. The van der Waals surface area contributed by atoms with Crippen molar-refractivity contribution in [1.29, 1.82) is 0 Å². The van der Waals surface area contributed by atoms with E-state index in [1.165, 1.54) is 0 Å². The van der Waals surface area contributed by atoms with Crippen LogP contribution in [0.25, 0.3) is 0 Å². The molecular formula is C7Cl8. The van der Waals surface area contributed by atoms with Crippen molar-refractivity contribution in [1.82, 2.24) is 0 Å². The van der Waals surface area contributed by atoms with Crippen LogP contribution in [0.3, 0.4) is 0 Å². The van der Waals surface area contributed by atoms with E-state index >= 15 is 0 Å². The van der Waals surface area contributed by atoms with E-state index in [1.54, 1.807) is 0 Å². The summed E-state index contributed by atoms with van der Waals surface area (Å²) in [5.41, 5.74) is 0.00948. The number of alkyl halides is 3. The molecule has 0 saturated heterocycles. The van der Waals surface area contributed by atoms with Gasteiger partial charge in [0.2, 0.25) is 3.79 Å². The van der Waals surface area contributed by atoms with Gasteiger partial charge in [-0.15, -0.1) is 0 Å². The highest BCUT2D eigenvalue weighted by molar-refractivity contribution is 6.68. The van der Waals surface area contributed by atoms with Crippen LogP contribution in [-0.2, 0) is 3.79 Å². The van der Waals surface area contributed by atoms with Gasteiger partial charge in [0, 0.05) is 5.56 Å². The highest BCUT2D eigenvalue weighted by Crippen LogP contribution is 2.52. The van der Waals surface area contributed by atoms with Gasteiger partial charge in [-0.3, -0.25) is 0 Å². The van der Waals surface area contributed by atoms with Gasteiger partial charge in [-0.1, -0.05) is 92.8 Å². The Balaban J connectivity index is 3.68. The maximum absolute atomic E-state index is 5.85. The Kier molecular flexibility index (Phi) is 4.90. The Hall–Kier alpha value is 1.54. The van der Waals surface area contributed by atoms with Gasteiger partial charge in [0.15, 0.2) is 0 Å². The first-order valence-corrected chi connectivity index (χ1v) is 6.29. The highest BCUT2D eigenvalue weighted by atomic mass is 35.6. The number of rotatable bonds is 0. The lowest BCUT2D eigenvalue weighted by atomic mass is 10.2. The predicted octanol–water partition coefficient (Wildman–Crippen LogP) is 6.78. The first-order valence-electron chi connectivity index (χ1n) is 3.26. The summed E-state index contributed by atoms with van der Waals surface area (Å²) in [5, 5.41) is -0.0541. The van der Waals surface area contributed by atoms with Crippen LogP contribution in [0.1, 0.15) is 5.56 Å². The molecule has 0 radical (unpaired) electrons. The van der Waals surface area contributed by atoms with Gasteiger partial charge in [-0.05, 0) is 0 Å². The van der Waals surface area contributed by atoms with Gasteiger partial charge >= 0.3 is 0 Å². The zero-order valence-corrected chi connectivity index (χ0v) is 12.6. The lowest BCUT2D eigenvalue weighted by Crippen LogP contribution is -2.03. The fraction of sp³-hybridized carbons (Fsp3) is 0.143. The summed E-state index contributed by atoms with van der Waals surface area (Å²) in [6.45, 7) is 0. The summed E-state index contributed by atoms with van der Waals surface area (Å²) < 4.78 is -1.83. The van der Waals surface area contributed by atoms with E-state index in [2.05, 4.69) is 0 Å². The summed E-state index contributed by atoms with van der Waals surface area (Å²) >= 11 is 46.0. The van der Waals surface area contributed by atoms with Gasteiger partial charge < -0.3 is 0 Å². The number of benzene rings is 1. The minimum atomic E-state index is -1.83. The lowest BCUT2D eigenvalue weighted by Gasteiger charge is -2.18. The molecule has 0 spiro atoms. The Bertz CT molecular complexity index is 375. The lowest BCUT2D eigenvalue weighted by molar-refractivity contribution is 1.24. The molecule has 0 aliphatic heterocycles. The van der Waals surface area contributed by atoms with E-state index < -0.39 is 3.79 Å². The molecule has 0 heterocycles. The molecule has 0 aliphatic carbocycles. The maximum atomic E-state index is 5.85. The summed E-state index contributed by atoms with van der Waals surface area (Å²) in [6, 6.07) is 0. The molecule has 8 heteroatoms. The van der Waals surface area contributed by atoms with E-state index in [-0.39, 0.29) is 30.7 Å². The van der Waals surface area contributed by atoms with Crippen LogP contribution in [0.4, 0.5) is 0 Å². The molecule has 0 nitrogen and oxygen atoms in total. The van der Waals surface area contributed by atoms with Crippen LogP contribution in [0.5, 0.6) is 0 Å². The molecule has 0 amide bonds. The second kappa shape index (κ2) is 5.04. The molecule has 0 aliphatic rings. The fourth-order valence-corrected chi connectivity index (χ4v) is 3.13. The Morgan fingerprint density at radius 1 is 0.533 bits per heavy atom. The Labute approximate surface area is 126 Å². The van der Waals surface area contributed by atoms with Gasteiger partial charge in [-0.25, -0.2) is 0 Å². The summed E-state index contributed by atoms with van der Waals surface area (Å²) in [5.74, 6) is 0. The van der Waals surface area contributed by atoms with Crippen molar-refractivity contribution in [2.24, 2.45) is 0 Å². The van der Waals surface area contributed by atoms with Crippen LogP contribution in [0, 0.1) is 0 Å². The molecule has 0 unspecified atom stereocenters. The number of hydrogen-bond donors (Lipinski definition) is 0. The zero-order chi connectivity index (χ0) is 12.0. The molecule has 1 rings (SSSR count). The van der Waals surface area contributed by atoms with E-state index in [1.807, 2.05) is 0 Å². The van der Waals surface area contributed by atoms with Gasteiger partial charge in [0.05, 0.1) is 25.1 Å². The standard InChI is InChI=1S/C7Cl8/c8-2-1(7(13,14)15)3(9)5(11)6(12)4(2)10. The van der Waals surface area contributed by atoms with Crippen molar-refractivity contribution in [2.75, 3.05) is 0 Å². The highest BCUT2D eigenvalue weighted by Gasteiger charge is 2.33. The molecule has 0 aromatic heterocycles. The SMILES string of the molecule is Clc1c(Cl)c(Cl)c(C(Cl)(Cl)Cl)c(Cl)c1Cl. The van der Waals surface area contributed by atoms with Crippen molar-refractivity contribution in [2.45, 2.75) is 3.79 Å². The third-order valence-corrected chi connectivity index (χ3v) is 4.34. The third-order valence-electron chi connectivity index (χ3n) is 1.49. The van der Waals surface area contributed by atoms with Crippen LogP contribution < -0.4 is 0 Å². The molecule has 0 saturated carbocycles. The molecule has 84 valence electrons. The average molecular weight is 368 g/mol. The number of halogens is 8. The van der Waals surface area contributed by atoms with Gasteiger partial charge in [0.25, 0.3) is 0 Å². The minimum absolute atomic E-state index is 0.00550. The third kappa shape index (κ3) is 2.86. The van der Waals surface area contributed by atoms with Crippen molar-refractivity contribution in [3.05, 3.63) is 30.7 Å². The largest absolute Gasteiger partial charge is 0.219 e. The molecular weight excluding hydrogens is 368 g/mol. The van der Waals surface area contributed by atoms with Crippen LogP contribution in [-0.4, -0.2) is 0 Å². The van der Waals surface area contributed by atoms with Crippen LogP contribution >= 0.6 is 92.8 Å². The Morgan fingerprint density at radius 2 is 0.800 bits per heavy atom. The van der Waals surface area contributed by atoms with Crippen molar-refractivity contribution < 1.29 is 0 Å². The van der Waals surface area contributed by atoms with E-state index in [0.717, 1.165) is 0 Å². The van der Waals surface area contributed by atoms with Crippen LogP contribution in [0.2, 0.25) is 25.1 Å². The van der Waals surface area contributed by atoms with Crippen molar-refractivity contribution in [3.8, 4) is 0 Å². The molecule has 0 atom stereocenters. The summed E-state index contributed by atoms with van der Waals surface area (Å²) in [7, 11) is 0. The molecule has 0 bridgehead atoms. The minimum Gasteiger partial charge on any atom is -0.0821 e. The molecule has 15 heavy (non-hydrogen) atoms. The average Bonchev–Trinajstić information content (AvgIpc) is 2.09. The first kappa shape index (κ1) is 14.6. The van der Waals surface area contributed by atoms with E-state index in [9.17, 15) is 0 Å². The monoisotopic (exact) mass is 364 g/mol. The zero-order valence-electron chi connectivity index (χ0n) is 6.52. The molecule has 0 fully saturated rings.